The van der Waals surface area contributed by atoms with Crippen LogP contribution in [-0.2, 0) is 14.3 Å². The molecular formula is C10H14O3. The van der Waals surface area contributed by atoms with Crippen LogP contribution in [0, 0.1) is 0 Å². The second-order valence-corrected chi connectivity index (χ2v) is 2.70. The quantitative estimate of drug-likeness (QED) is 0.289. The molecular weight excluding hydrogens is 168 g/mol. The van der Waals surface area contributed by atoms with E-state index >= 15 is 0 Å². The molecule has 0 fully saturated rings. The number of esters is 1. The molecule has 1 rings (SSSR count). The fraction of sp³-hybridized carbons (Fsp3) is 0.500. The normalized spacial score (nSPS) is 28.5. The second kappa shape index (κ2) is 5.41. The van der Waals surface area contributed by atoms with Crippen molar-refractivity contribution in [1.82, 2.24) is 0 Å². The number of ether oxygens (including phenoxy) is 2. The largest absolute Gasteiger partial charge is 0.494 e. The van der Waals surface area contributed by atoms with Crippen LogP contribution in [0.4, 0.5) is 0 Å². The summed E-state index contributed by atoms with van der Waals surface area (Å²) in [4.78, 5) is 10.7. The molecule has 0 saturated carbocycles. The van der Waals surface area contributed by atoms with E-state index in [1.54, 1.807) is 6.08 Å². The number of allylic oxidation sites excluding steroid dienone is 1. The predicted molar refractivity (Wildman–Crippen MR) is 49.0 cm³/mol. The first-order chi connectivity index (χ1) is 6.66. The van der Waals surface area contributed by atoms with Crippen molar-refractivity contribution in [2.45, 2.75) is 25.3 Å². The van der Waals surface area contributed by atoms with E-state index in [1.165, 1.54) is 19.4 Å². The SMILES string of the molecule is [2H]C1(O/C=C/C(=O)OC)C=CCCC1. The summed E-state index contributed by atoms with van der Waals surface area (Å²) >= 11 is 0. The first-order valence-electron chi connectivity index (χ1n) is 4.76. The highest BCUT2D eigenvalue weighted by Crippen LogP contribution is 2.13. The van der Waals surface area contributed by atoms with Crippen LogP contribution in [-0.4, -0.2) is 19.2 Å². The lowest BCUT2D eigenvalue weighted by Crippen LogP contribution is -2.09. The Hall–Kier alpha value is -1.25. The molecule has 0 bridgehead atoms. The van der Waals surface area contributed by atoms with Gasteiger partial charge in [0.15, 0.2) is 0 Å². The number of rotatable bonds is 3. The third kappa shape index (κ3) is 3.78. The fourth-order valence-corrected chi connectivity index (χ4v) is 1.04. The minimum atomic E-state index is -1.01. The molecule has 0 N–H and O–H groups in total. The first-order valence-corrected chi connectivity index (χ1v) is 4.26. The lowest BCUT2D eigenvalue weighted by atomic mass is 10.1. The van der Waals surface area contributed by atoms with Crippen LogP contribution in [0.5, 0.6) is 0 Å². The van der Waals surface area contributed by atoms with Gasteiger partial charge in [-0.15, -0.1) is 0 Å². The van der Waals surface area contributed by atoms with Gasteiger partial charge in [0.05, 0.1) is 20.8 Å². The number of carbonyl (C=O) groups is 1. The van der Waals surface area contributed by atoms with Gasteiger partial charge in [0.25, 0.3) is 0 Å². The predicted octanol–water partition coefficient (Wildman–Crippen LogP) is 1.80. The average molecular weight is 183 g/mol. The third-order valence-electron chi connectivity index (χ3n) is 1.72. The summed E-state index contributed by atoms with van der Waals surface area (Å²) in [6.45, 7) is 0. The first kappa shape index (κ1) is 8.35. The maximum absolute atomic E-state index is 10.7. The Morgan fingerprint density at radius 1 is 1.77 bits per heavy atom. The van der Waals surface area contributed by atoms with Crippen molar-refractivity contribution < 1.29 is 15.6 Å². The second-order valence-electron chi connectivity index (χ2n) is 2.70. The van der Waals surface area contributed by atoms with E-state index in [2.05, 4.69) is 4.74 Å². The number of hydrogen-bond acceptors (Lipinski definition) is 3. The number of hydrogen-bond donors (Lipinski definition) is 0. The van der Waals surface area contributed by atoms with Gasteiger partial charge in [0.2, 0.25) is 0 Å². The third-order valence-corrected chi connectivity index (χ3v) is 1.72. The van der Waals surface area contributed by atoms with E-state index < -0.39 is 12.0 Å². The maximum atomic E-state index is 10.7. The highest BCUT2D eigenvalue weighted by molar-refractivity contribution is 5.81. The summed E-state index contributed by atoms with van der Waals surface area (Å²) < 4.78 is 17.3. The molecule has 1 unspecified atom stereocenters. The van der Waals surface area contributed by atoms with Gasteiger partial charge in [-0.3, -0.25) is 0 Å². The molecule has 1 aliphatic rings. The molecule has 1 atom stereocenters. The van der Waals surface area contributed by atoms with E-state index in [9.17, 15) is 4.79 Å². The van der Waals surface area contributed by atoms with Gasteiger partial charge in [-0.2, -0.15) is 0 Å². The molecule has 0 amide bonds. The molecule has 1 aliphatic carbocycles. The van der Waals surface area contributed by atoms with Gasteiger partial charge < -0.3 is 9.47 Å². The zero-order chi connectivity index (χ0) is 10.4. The summed E-state index contributed by atoms with van der Waals surface area (Å²) in [7, 11) is 1.30. The minimum absolute atomic E-state index is 0.478. The zero-order valence-electron chi connectivity index (χ0n) is 8.66. The van der Waals surface area contributed by atoms with E-state index in [-0.39, 0.29) is 0 Å². The van der Waals surface area contributed by atoms with Crippen LogP contribution in [0.2, 0.25) is 0 Å². The molecule has 0 aromatic heterocycles. The van der Waals surface area contributed by atoms with Crippen LogP contribution in [0.15, 0.2) is 24.5 Å². The van der Waals surface area contributed by atoms with Gasteiger partial charge in [-0.05, 0) is 25.3 Å². The standard InChI is InChI=1S/C10H14O3/c1-12-10(11)7-8-13-9-5-3-2-4-6-9/h3,5,7-9H,2,4,6H2,1H3/b8-7+/i9D. The zero-order valence-corrected chi connectivity index (χ0v) is 7.66. The molecule has 3 heteroatoms. The van der Waals surface area contributed by atoms with Crippen molar-refractivity contribution in [2.75, 3.05) is 7.11 Å². The summed E-state index contributed by atoms with van der Waals surface area (Å²) in [5, 5.41) is 0. The molecule has 0 radical (unpaired) electrons. The summed E-state index contributed by atoms with van der Waals surface area (Å²) in [5.41, 5.74) is 0. The lowest BCUT2D eigenvalue weighted by molar-refractivity contribution is -0.135. The van der Waals surface area contributed by atoms with Crippen LogP contribution in [0.1, 0.15) is 20.6 Å². The monoisotopic (exact) mass is 183 g/mol. The molecule has 0 aromatic carbocycles. The summed E-state index contributed by atoms with van der Waals surface area (Å²) in [6, 6.07) is 0. The van der Waals surface area contributed by atoms with Crippen molar-refractivity contribution in [1.29, 1.82) is 0 Å². The van der Waals surface area contributed by atoms with Crippen LogP contribution in [0.25, 0.3) is 0 Å². The van der Waals surface area contributed by atoms with Crippen LogP contribution in [0.3, 0.4) is 0 Å². The average Bonchev–Trinajstić information content (AvgIpc) is 2.18. The topological polar surface area (TPSA) is 35.5 Å². The maximum Gasteiger partial charge on any atom is 0.333 e. The molecule has 13 heavy (non-hydrogen) atoms. The van der Waals surface area contributed by atoms with Crippen molar-refractivity contribution in [3.05, 3.63) is 24.5 Å². The molecule has 3 nitrogen and oxygen atoms in total. The van der Waals surface area contributed by atoms with Gasteiger partial charge in [0, 0.05) is 0 Å². The molecule has 72 valence electrons. The molecule has 0 heterocycles. The highest BCUT2D eigenvalue weighted by Gasteiger charge is 2.06. The fourth-order valence-electron chi connectivity index (χ4n) is 1.04. The van der Waals surface area contributed by atoms with Crippen LogP contribution < -0.4 is 0 Å². The van der Waals surface area contributed by atoms with E-state index in [4.69, 9.17) is 6.11 Å². The van der Waals surface area contributed by atoms with Gasteiger partial charge in [-0.1, -0.05) is 6.08 Å². The highest BCUT2D eigenvalue weighted by atomic mass is 16.5. The Balaban J connectivity index is 2.43. The van der Waals surface area contributed by atoms with Crippen molar-refractivity contribution in [2.24, 2.45) is 0 Å². The van der Waals surface area contributed by atoms with Gasteiger partial charge in [-0.25, -0.2) is 4.79 Å². The Kier molecular flexibility index (Phi) is 3.47. The Labute approximate surface area is 79.4 Å². The summed E-state index contributed by atoms with van der Waals surface area (Å²) in [5.74, 6) is -0.478. The number of methoxy groups -OCH3 is 1. The Morgan fingerprint density at radius 2 is 2.62 bits per heavy atom. The molecule has 0 spiro atoms. The molecule has 0 aliphatic heterocycles. The molecule has 0 saturated heterocycles. The minimum Gasteiger partial charge on any atom is -0.494 e. The van der Waals surface area contributed by atoms with E-state index in [0.717, 1.165) is 12.8 Å². The van der Waals surface area contributed by atoms with Crippen molar-refractivity contribution >= 4 is 5.97 Å². The van der Waals surface area contributed by atoms with Gasteiger partial charge in [0.1, 0.15) is 6.08 Å². The Bertz CT molecular complexity index is 260. The van der Waals surface area contributed by atoms with Crippen molar-refractivity contribution in [3.63, 3.8) is 0 Å². The number of carbonyl (C=O) groups excluding carboxylic acids is 1. The Morgan fingerprint density at radius 3 is 3.23 bits per heavy atom. The van der Waals surface area contributed by atoms with Crippen molar-refractivity contribution in [3.8, 4) is 0 Å². The van der Waals surface area contributed by atoms with E-state index in [1.807, 2.05) is 6.08 Å². The van der Waals surface area contributed by atoms with E-state index in [0.29, 0.717) is 6.42 Å². The summed E-state index contributed by atoms with van der Waals surface area (Å²) in [6.07, 6.45) is 7.57. The smallest absolute Gasteiger partial charge is 0.333 e. The van der Waals surface area contributed by atoms with Gasteiger partial charge >= 0.3 is 5.97 Å². The van der Waals surface area contributed by atoms with Crippen LogP contribution >= 0.6 is 0 Å². The lowest BCUT2D eigenvalue weighted by Gasteiger charge is -2.15. The molecule has 0 aromatic rings.